The summed E-state index contributed by atoms with van der Waals surface area (Å²) in [7, 11) is -3.97. The van der Waals surface area contributed by atoms with Crippen LogP contribution in [0, 0.1) is 0 Å². The fourth-order valence-corrected chi connectivity index (χ4v) is 7.25. The molecule has 0 radical (unpaired) electrons. The number of amides is 3. The predicted molar refractivity (Wildman–Crippen MR) is 171 cm³/mol. The van der Waals surface area contributed by atoms with Crippen LogP contribution in [0.5, 0.6) is 0 Å². The lowest BCUT2D eigenvalue weighted by Gasteiger charge is -2.24. The average Bonchev–Trinajstić information content (AvgIpc) is 3.41. The SMILES string of the molecule is CC(C)OC(=O)Nc1ccc(-c2ncc(-c3ccc(NC(=O)NCC4CCCCN4)cc3S(=O)(=O)NC(C)(C)C)s2)cc1. The standard InChI is InChI=1S/C30H40N6O5S2/c1-19(2)41-29(38)35-21-11-9-20(10-12-21)27-32-18-25(42-27)24-14-13-22(16-26(24)43(39,40)36-30(3,4)5)34-28(37)33-17-23-8-6-7-15-31-23/h9-14,16,18-19,23,31,36H,6-8,15,17H2,1-5H3,(H,35,38)(H2,33,34,37). The zero-order valence-corrected chi connectivity index (χ0v) is 26.7. The summed E-state index contributed by atoms with van der Waals surface area (Å²) in [5, 5.41) is 12.4. The summed E-state index contributed by atoms with van der Waals surface area (Å²) in [6.07, 6.45) is 4.13. The Bertz CT molecular complexity index is 1530. The van der Waals surface area contributed by atoms with Crippen molar-refractivity contribution in [3.8, 4) is 21.0 Å². The molecule has 43 heavy (non-hydrogen) atoms. The van der Waals surface area contributed by atoms with Gasteiger partial charge in [-0.05, 0) is 90.4 Å². The molecule has 0 spiro atoms. The first-order valence-electron chi connectivity index (χ1n) is 14.3. The molecule has 3 aromatic rings. The lowest BCUT2D eigenvalue weighted by molar-refractivity contribution is 0.130. The van der Waals surface area contributed by atoms with E-state index in [0.717, 1.165) is 31.4 Å². The second kappa shape index (κ2) is 13.8. The van der Waals surface area contributed by atoms with Crippen LogP contribution in [-0.4, -0.2) is 56.3 Å². The van der Waals surface area contributed by atoms with E-state index >= 15 is 0 Å². The van der Waals surface area contributed by atoms with E-state index in [1.54, 1.807) is 65.1 Å². The Morgan fingerprint density at radius 1 is 1.07 bits per heavy atom. The minimum Gasteiger partial charge on any atom is -0.447 e. The van der Waals surface area contributed by atoms with E-state index in [0.29, 0.717) is 33.4 Å². The number of carbonyl (C=O) groups is 2. The molecule has 1 aliphatic heterocycles. The number of piperidine rings is 1. The smallest absolute Gasteiger partial charge is 0.411 e. The maximum Gasteiger partial charge on any atom is 0.411 e. The van der Waals surface area contributed by atoms with Gasteiger partial charge < -0.3 is 20.7 Å². The van der Waals surface area contributed by atoms with Crippen molar-refractivity contribution in [2.45, 2.75) is 76.5 Å². The maximum absolute atomic E-state index is 13.6. The fraction of sp³-hybridized carbons (Fsp3) is 0.433. The van der Waals surface area contributed by atoms with Crippen LogP contribution in [0.25, 0.3) is 21.0 Å². The third-order valence-electron chi connectivity index (χ3n) is 6.38. The Balaban J connectivity index is 1.56. The van der Waals surface area contributed by atoms with Gasteiger partial charge in [0.05, 0.1) is 15.9 Å². The van der Waals surface area contributed by atoms with Crippen LogP contribution in [0.1, 0.15) is 53.9 Å². The van der Waals surface area contributed by atoms with Crippen LogP contribution in [0.15, 0.2) is 53.6 Å². The van der Waals surface area contributed by atoms with Gasteiger partial charge in [-0.3, -0.25) is 5.32 Å². The van der Waals surface area contributed by atoms with E-state index in [9.17, 15) is 18.0 Å². The van der Waals surface area contributed by atoms with E-state index in [-0.39, 0.29) is 17.0 Å². The number of anilines is 2. The number of hydrogen-bond donors (Lipinski definition) is 5. The molecular formula is C30H40N6O5S2. The molecule has 0 bridgehead atoms. The summed E-state index contributed by atoms with van der Waals surface area (Å²) < 4.78 is 35.0. The Morgan fingerprint density at radius 2 is 1.79 bits per heavy atom. The second-order valence-electron chi connectivity index (χ2n) is 11.7. The largest absolute Gasteiger partial charge is 0.447 e. The number of nitrogens with zero attached hydrogens (tertiary/aromatic N) is 1. The van der Waals surface area contributed by atoms with Crippen molar-refractivity contribution in [1.82, 2.24) is 20.3 Å². The highest BCUT2D eigenvalue weighted by atomic mass is 32.2. The summed E-state index contributed by atoms with van der Waals surface area (Å²) in [5.41, 5.74) is 1.48. The Kier molecular flexibility index (Phi) is 10.4. The first-order chi connectivity index (χ1) is 20.3. The van der Waals surface area contributed by atoms with Crippen molar-refractivity contribution in [3.05, 3.63) is 48.7 Å². The Morgan fingerprint density at radius 3 is 2.44 bits per heavy atom. The van der Waals surface area contributed by atoms with Gasteiger partial charge in [-0.25, -0.2) is 27.7 Å². The van der Waals surface area contributed by atoms with Gasteiger partial charge in [0, 0.05) is 46.8 Å². The fourth-order valence-electron chi connectivity index (χ4n) is 4.56. The summed E-state index contributed by atoms with van der Waals surface area (Å²) >= 11 is 1.34. The molecule has 232 valence electrons. The predicted octanol–water partition coefficient (Wildman–Crippen LogP) is 5.77. The molecule has 2 heterocycles. The number of rotatable bonds is 9. The summed E-state index contributed by atoms with van der Waals surface area (Å²) in [6.45, 7) is 10.3. The molecule has 1 aromatic heterocycles. The van der Waals surface area contributed by atoms with Gasteiger partial charge in [-0.2, -0.15) is 0 Å². The number of urea groups is 1. The molecule has 3 amide bonds. The molecule has 0 saturated carbocycles. The molecule has 5 N–H and O–H groups in total. The van der Waals surface area contributed by atoms with Gasteiger partial charge in [-0.1, -0.05) is 12.5 Å². The van der Waals surface area contributed by atoms with Gasteiger partial charge >= 0.3 is 12.1 Å². The monoisotopic (exact) mass is 628 g/mol. The molecule has 1 unspecified atom stereocenters. The van der Waals surface area contributed by atoms with Crippen molar-refractivity contribution in [2.24, 2.45) is 0 Å². The van der Waals surface area contributed by atoms with Crippen LogP contribution in [-0.2, 0) is 14.8 Å². The molecular weight excluding hydrogens is 589 g/mol. The highest BCUT2D eigenvalue weighted by Crippen LogP contribution is 2.37. The van der Waals surface area contributed by atoms with E-state index < -0.39 is 27.7 Å². The van der Waals surface area contributed by atoms with Gasteiger partial charge in [-0.15, -0.1) is 11.3 Å². The number of aromatic nitrogens is 1. The highest BCUT2D eigenvalue weighted by Gasteiger charge is 2.27. The lowest BCUT2D eigenvalue weighted by Crippen LogP contribution is -2.44. The van der Waals surface area contributed by atoms with Gasteiger partial charge in [0.25, 0.3) is 0 Å². The molecule has 13 heteroatoms. The highest BCUT2D eigenvalue weighted by molar-refractivity contribution is 7.89. The topological polar surface area (TPSA) is 151 Å². The molecule has 1 fully saturated rings. The molecule has 11 nitrogen and oxygen atoms in total. The molecule has 1 atom stereocenters. The number of sulfonamides is 1. The van der Waals surface area contributed by atoms with Crippen molar-refractivity contribution in [2.75, 3.05) is 23.7 Å². The summed E-state index contributed by atoms with van der Waals surface area (Å²) in [4.78, 5) is 29.7. The van der Waals surface area contributed by atoms with E-state index in [1.165, 1.54) is 17.4 Å². The number of hydrogen-bond acceptors (Lipinski definition) is 8. The Hall–Kier alpha value is -3.52. The molecule has 1 aliphatic rings. The normalized spacial score (nSPS) is 15.6. The van der Waals surface area contributed by atoms with Crippen molar-refractivity contribution in [1.29, 1.82) is 0 Å². The first-order valence-corrected chi connectivity index (χ1v) is 16.6. The third-order valence-corrected chi connectivity index (χ3v) is 9.26. The number of ether oxygens (including phenoxy) is 1. The summed E-state index contributed by atoms with van der Waals surface area (Å²) in [6, 6.07) is 11.8. The third kappa shape index (κ3) is 9.48. The van der Waals surface area contributed by atoms with E-state index in [4.69, 9.17) is 4.74 Å². The van der Waals surface area contributed by atoms with Crippen LogP contribution >= 0.6 is 11.3 Å². The number of benzene rings is 2. The van der Waals surface area contributed by atoms with Gasteiger partial charge in [0.2, 0.25) is 10.0 Å². The van der Waals surface area contributed by atoms with E-state index in [1.807, 2.05) is 12.1 Å². The zero-order valence-electron chi connectivity index (χ0n) is 25.1. The molecule has 1 saturated heterocycles. The first kappa shape index (κ1) is 32.4. The number of carbonyl (C=O) groups excluding carboxylic acids is 2. The minimum absolute atomic E-state index is 0.0348. The molecule has 2 aromatic carbocycles. The van der Waals surface area contributed by atoms with Crippen molar-refractivity contribution < 1.29 is 22.7 Å². The molecule has 0 aliphatic carbocycles. The Labute approximate surface area is 257 Å². The lowest BCUT2D eigenvalue weighted by atomic mass is 10.1. The van der Waals surface area contributed by atoms with Crippen LogP contribution in [0.2, 0.25) is 0 Å². The molecule has 4 rings (SSSR count). The van der Waals surface area contributed by atoms with Gasteiger partial charge in [0.1, 0.15) is 5.01 Å². The van der Waals surface area contributed by atoms with Crippen LogP contribution in [0.4, 0.5) is 21.0 Å². The van der Waals surface area contributed by atoms with Crippen molar-refractivity contribution >= 4 is 44.9 Å². The quantitative estimate of drug-likeness (QED) is 0.202. The van der Waals surface area contributed by atoms with Crippen molar-refractivity contribution in [3.63, 3.8) is 0 Å². The maximum atomic E-state index is 13.6. The van der Waals surface area contributed by atoms with Crippen LogP contribution < -0.4 is 26.0 Å². The zero-order chi connectivity index (χ0) is 31.2. The van der Waals surface area contributed by atoms with E-state index in [2.05, 4.69) is 31.0 Å². The second-order valence-corrected chi connectivity index (χ2v) is 14.4. The number of nitrogens with one attached hydrogen (secondary N) is 5. The summed E-state index contributed by atoms with van der Waals surface area (Å²) in [5.74, 6) is 0. The minimum atomic E-state index is -3.97. The van der Waals surface area contributed by atoms with Crippen LogP contribution in [0.3, 0.4) is 0 Å². The number of thiazole rings is 1. The van der Waals surface area contributed by atoms with Gasteiger partial charge in [0.15, 0.2) is 0 Å². The average molecular weight is 629 g/mol.